The van der Waals surface area contributed by atoms with Crippen LogP contribution in [0.4, 0.5) is 21.5 Å². The van der Waals surface area contributed by atoms with E-state index in [2.05, 4.69) is 5.32 Å². The van der Waals surface area contributed by atoms with Crippen LogP contribution in [0.3, 0.4) is 0 Å². The number of aryl methyl sites for hydroxylation is 1. The molecular weight excluding hydrogens is 243 g/mol. The molecule has 0 aromatic heterocycles. The molecule has 2 aromatic carbocycles. The lowest BCUT2D eigenvalue weighted by Crippen LogP contribution is -1.97. The van der Waals surface area contributed by atoms with Gasteiger partial charge in [0.15, 0.2) is 0 Å². The minimum atomic E-state index is -0.215. The Morgan fingerprint density at radius 3 is 2.63 bits per heavy atom. The fourth-order valence-electron chi connectivity index (χ4n) is 1.83. The van der Waals surface area contributed by atoms with E-state index in [0.717, 1.165) is 11.4 Å². The average Bonchev–Trinajstić information content (AvgIpc) is 2.33. The molecule has 0 aliphatic rings. The highest BCUT2D eigenvalue weighted by atomic mass is 19.1. The number of nitrogens with one attached hydrogen (secondary N) is 1. The summed E-state index contributed by atoms with van der Waals surface area (Å²) in [5.74, 6) is 0.497. The fourth-order valence-corrected chi connectivity index (χ4v) is 1.83. The number of anilines is 3. The Morgan fingerprint density at radius 1 is 1.16 bits per heavy atom. The number of halogens is 1. The van der Waals surface area contributed by atoms with Gasteiger partial charge in [0.2, 0.25) is 0 Å². The molecule has 0 atom stereocenters. The highest BCUT2D eigenvalue weighted by Gasteiger charge is 2.02. The van der Waals surface area contributed by atoms with Gasteiger partial charge in [-0.15, -0.1) is 0 Å². The second kappa shape index (κ2) is 5.61. The molecule has 100 valence electrons. The number of hydrogen-bond donors (Lipinski definition) is 2. The zero-order valence-electron chi connectivity index (χ0n) is 11.0. The fraction of sp³-hybridized carbons (Fsp3) is 0.200. The Bertz CT molecular complexity index is 584. The molecule has 19 heavy (non-hydrogen) atoms. The van der Waals surface area contributed by atoms with Gasteiger partial charge in [-0.3, -0.25) is 0 Å². The van der Waals surface area contributed by atoms with Crippen LogP contribution in [-0.2, 0) is 0 Å². The standard InChI is InChI=1S/C15H17FN2O/c1-3-19-14-8-11(17)7-13(9-14)18-12-4-5-15(16)10(2)6-12/h4-9,18H,3,17H2,1-2H3. The molecule has 0 fully saturated rings. The van der Waals surface area contributed by atoms with Crippen LogP contribution in [0.5, 0.6) is 5.75 Å². The predicted molar refractivity (Wildman–Crippen MR) is 76.4 cm³/mol. The molecule has 0 unspecified atom stereocenters. The first-order valence-corrected chi connectivity index (χ1v) is 6.15. The van der Waals surface area contributed by atoms with Crippen LogP contribution in [0, 0.1) is 12.7 Å². The second-order valence-corrected chi connectivity index (χ2v) is 4.31. The van der Waals surface area contributed by atoms with E-state index in [4.69, 9.17) is 10.5 Å². The van der Waals surface area contributed by atoms with Gasteiger partial charge in [-0.1, -0.05) is 0 Å². The van der Waals surface area contributed by atoms with E-state index in [0.29, 0.717) is 23.6 Å². The van der Waals surface area contributed by atoms with E-state index < -0.39 is 0 Å². The quantitative estimate of drug-likeness (QED) is 0.821. The lowest BCUT2D eigenvalue weighted by atomic mass is 10.2. The summed E-state index contributed by atoms with van der Waals surface area (Å²) in [6.07, 6.45) is 0. The van der Waals surface area contributed by atoms with Gasteiger partial charge in [-0.2, -0.15) is 0 Å². The molecule has 4 heteroatoms. The molecule has 0 amide bonds. The zero-order chi connectivity index (χ0) is 13.8. The molecule has 0 aliphatic carbocycles. The van der Waals surface area contributed by atoms with Crippen molar-refractivity contribution in [3.63, 3.8) is 0 Å². The molecule has 3 N–H and O–H groups in total. The predicted octanol–water partition coefficient (Wildman–Crippen LogP) is 3.86. The number of ether oxygens (including phenoxy) is 1. The first-order valence-electron chi connectivity index (χ1n) is 6.15. The van der Waals surface area contributed by atoms with Crippen LogP contribution in [0.15, 0.2) is 36.4 Å². The maximum absolute atomic E-state index is 13.2. The van der Waals surface area contributed by atoms with Gasteiger partial charge in [0.25, 0.3) is 0 Å². The summed E-state index contributed by atoms with van der Waals surface area (Å²) in [4.78, 5) is 0. The highest BCUT2D eigenvalue weighted by molar-refractivity contribution is 5.66. The van der Waals surface area contributed by atoms with Crippen LogP contribution < -0.4 is 15.8 Å². The maximum atomic E-state index is 13.2. The largest absolute Gasteiger partial charge is 0.494 e. The minimum absolute atomic E-state index is 0.215. The van der Waals surface area contributed by atoms with Crippen molar-refractivity contribution in [3.8, 4) is 5.75 Å². The Morgan fingerprint density at radius 2 is 1.95 bits per heavy atom. The molecular formula is C15H17FN2O. The van der Waals surface area contributed by atoms with E-state index in [9.17, 15) is 4.39 Å². The number of hydrogen-bond acceptors (Lipinski definition) is 3. The minimum Gasteiger partial charge on any atom is -0.494 e. The summed E-state index contributed by atoms with van der Waals surface area (Å²) in [7, 11) is 0. The lowest BCUT2D eigenvalue weighted by molar-refractivity contribution is 0.340. The van der Waals surface area contributed by atoms with Gasteiger partial charge >= 0.3 is 0 Å². The lowest BCUT2D eigenvalue weighted by Gasteiger charge is -2.11. The summed E-state index contributed by atoms with van der Waals surface area (Å²) < 4.78 is 18.6. The van der Waals surface area contributed by atoms with Crippen molar-refractivity contribution in [1.29, 1.82) is 0 Å². The molecule has 0 saturated carbocycles. The summed E-state index contributed by atoms with van der Waals surface area (Å²) in [5.41, 5.74) is 8.66. The van der Waals surface area contributed by atoms with Crippen molar-refractivity contribution in [1.82, 2.24) is 0 Å². The summed E-state index contributed by atoms with van der Waals surface area (Å²) in [6, 6.07) is 10.3. The molecule has 0 bridgehead atoms. The Hall–Kier alpha value is -2.23. The van der Waals surface area contributed by atoms with Gasteiger partial charge in [0, 0.05) is 29.2 Å². The zero-order valence-corrected chi connectivity index (χ0v) is 11.0. The van der Waals surface area contributed by atoms with Gasteiger partial charge in [-0.25, -0.2) is 4.39 Å². The molecule has 0 saturated heterocycles. The molecule has 2 aromatic rings. The van der Waals surface area contributed by atoms with E-state index in [1.165, 1.54) is 6.07 Å². The average molecular weight is 260 g/mol. The van der Waals surface area contributed by atoms with Crippen LogP contribution >= 0.6 is 0 Å². The molecule has 0 aliphatic heterocycles. The Kier molecular flexibility index (Phi) is 3.90. The van der Waals surface area contributed by atoms with Gasteiger partial charge in [0.05, 0.1) is 6.61 Å². The summed E-state index contributed by atoms with van der Waals surface area (Å²) in [6.45, 7) is 4.23. The Balaban J connectivity index is 2.24. The van der Waals surface area contributed by atoms with Gasteiger partial charge in [-0.05, 0) is 43.7 Å². The smallest absolute Gasteiger partial charge is 0.126 e. The maximum Gasteiger partial charge on any atom is 0.126 e. The van der Waals surface area contributed by atoms with Gasteiger partial charge < -0.3 is 15.8 Å². The van der Waals surface area contributed by atoms with Crippen LogP contribution in [-0.4, -0.2) is 6.61 Å². The number of rotatable bonds is 4. The normalized spacial score (nSPS) is 10.3. The molecule has 3 nitrogen and oxygen atoms in total. The van der Waals surface area contributed by atoms with E-state index >= 15 is 0 Å². The monoisotopic (exact) mass is 260 g/mol. The third-order valence-corrected chi connectivity index (χ3v) is 2.69. The third kappa shape index (κ3) is 3.37. The van der Waals surface area contributed by atoms with Crippen LogP contribution in [0.2, 0.25) is 0 Å². The van der Waals surface area contributed by atoms with Gasteiger partial charge in [0.1, 0.15) is 11.6 Å². The number of benzene rings is 2. The SMILES string of the molecule is CCOc1cc(N)cc(Nc2ccc(F)c(C)c2)c1. The second-order valence-electron chi connectivity index (χ2n) is 4.31. The van der Waals surface area contributed by atoms with Crippen molar-refractivity contribution < 1.29 is 9.13 Å². The highest BCUT2D eigenvalue weighted by Crippen LogP contribution is 2.26. The molecule has 0 heterocycles. The molecule has 2 rings (SSSR count). The third-order valence-electron chi connectivity index (χ3n) is 2.69. The first-order chi connectivity index (χ1) is 9.08. The van der Waals surface area contributed by atoms with E-state index in [1.54, 1.807) is 31.2 Å². The molecule has 0 spiro atoms. The van der Waals surface area contributed by atoms with Crippen molar-refractivity contribution >= 4 is 17.1 Å². The number of nitrogen functional groups attached to an aromatic ring is 1. The first kappa shape index (κ1) is 13.2. The summed E-state index contributed by atoms with van der Waals surface area (Å²) >= 11 is 0. The summed E-state index contributed by atoms with van der Waals surface area (Å²) in [5, 5.41) is 3.18. The van der Waals surface area contributed by atoms with Crippen LogP contribution in [0.25, 0.3) is 0 Å². The van der Waals surface area contributed by atoms with Crippen molar-refractivity contribution in [2.75, 3.05) is 17.7 Å². The van der Waals surface area contributed by atoms with E-state index in [-0.39, 0.29) is 5.82 Å². The topological polar surface area (TPSA) is 47.3 Å². The number of nitrogens with two attached hydrogens (primary N) is 1. The van der Waals surface area contributed by atoms with E-state index in [1.807, 2.05) is 13.0 Å². The van der Waals surface area contributed by atoms with Crippen molar-refractivity contribution in [2.45, 2.75) is 13.8 Å². The van der Waals surface area contributed by atoms with Crippen molar-refractivity contribution in [2.24, 2.45) is 0 Å². The molecule has 0 radical (unpaired) electrons. The van der Waals surface area contributed by atoms with Crippen LogP contribution in [0.1, 0.15) is 12.5 Å². The van der Waals surface area contributed by atoms with Crippen molar-refractivity contribution in [3.05, 3.63) is 47.8 Å². The Labute approximate surface area is 112 Å².